The normalized spacial score (nSPS) is 14.6. The minimum Gasteiger partial charge on any atom is -0.255 e. The van der Waals surface area contributed by atoms with Crippen molar-refractivity contribution in [1.82, 2.24) is 9.97 Å². The molecule has 0 aliphatic carbocycles. The third kappa shape index (κ3) is 5.23. The minimum atomic E-state index is 0.881. The third-order valence-electron chi connectivity index (χ3n) is 2.43. The topological polar surface area (TPSA) is 38.1 Å². The lowest BCUT2D eigenvalue weighted by atomic mass is 10.3. The fourth-order valence-electron chi connectivity index (χ4n) is 1.51. The fraction of sp³-hybridized carbons (Fsp3) is 0.462. The van der Waals surface area contributed by atoms with Crippen LogP contribution in [-0.4, -0.2) is 26.5 Å². The molecule has 0 spiro atoms. The van der Waals surface area contributed by atoms with E-state index in [0.717, 1.165) is 23.8 Å². The van der Waals surface area contributed by atoms with E-state index < -0.39 is 0 Å². The van der Waals surface area contributed by atoms with Crippen molar-refractivity contribution in [2.24, 2.45) is 4.99 Å². The summed E-state index contributed by atoms with van der Waals surface area (Å²) in [5.41, 5.74) is 0. The molecule has 0 unspecified atom stereocenters. The summed E-state index contributed by atoms with van der Waals surface area (Å²) in [6.45, 7) is 0. The second-order valence-electron chi connectivity index (χ2n) is 3.88. The Labute approximate surface area is 117 Å². The molecular formula is C13H17N3S2. The number of unbranched alkanes of at least 4 members (excludes halogenated alkanes) is 1. The van der Waals surface area contributed by atoms with Crippen molar-refractivity contribution >= 4 is 28.6 Å². The highest BCUT2D eigenvalue weighted by molar-refractivity contribution is 8.13. The van der Waals surface area contributed by atoms with Crippen molar-refractivity contribution in [2.75, 3.05) is 11.5 Å². The SMILES string of the molecule is C1=CN=C(SCCCCSc2ncccn2)CC1. The summed E-state index contributed by atoms with van der Waals surface area (Å²) in [4.78, 5) is 12.7. The van der Waals surface area contributed by atoms with E-state index in [9.17, 15) is 0 Å². The van der Waals surface area contributed by atoms with Gasteiger partial charge in [-0.05, 0) is 37.5 Å². The summed E-state index contributed by atoms with van der Waals surface area (Å²) >= 11 is 3.64. The van der Waals surface area contributed by atoms with Gasteiger partial charge in [0.15, 0.2) is 5.16 Å². The zero-order valence-corrected chi connectivity index (χ0v) is 11.9. The Morgan fingerprint density at radius 3 is 2.56 bits per heavy atom. The molecule has 1 aliphatic rings. The van der Waals surface area contributed by atoms with Crippen molar-refractivity contribution in [3.8, 4) is 0 Å². The Morgan fingerprint density at radius 1 is 1.06 bits per heavy atom. The van der Waals surface area contributed by atoms with Gasteiger partial charge in [-0.25, -0.2) is 9.97 Å². The lowest BCUT2D eigenvalue weighted by Crippen LogP contribution is -1.96. The Morgan fingerprint density at radius 2 is 1.83 bits per heavy atom. The van der Waals surface area contributed by atoms with Crippen LogP contribution in [-0.2, 0) is 0 Å². The zero-order chi connectivity index (χ0) is 12.5. The highest BCUT2D eigenvalue weighted by Gasteiger charge is 2.02. The summed E-state index contributed by atoms with van der Waals surface area (Å²) in [6.07, 6.45) is 12.3. The first kappa shape index (κ1) is 13.6. The van der Waals surface area contributed by atoms with Gasteiger partial charge in [0, 0.05) is 24.3 Å². The monoisotopic (exact) mass is 279 g/mol. The predicted octanol–water partition coefficient (Wildman–Crippen LogP) is 3.79. The van der Waals surface area contributed by atoms with Crippen LogP contribution in [0.3, 0.4) is 0 Å². The molecule has 0 saturated carbocycles. The molecule has 0 radical (unpaired) electrons. The lowest BCUT2D eigenvalue weighted by Gasteiger charge is -2.06. The quantitative estimate of drug-likeness (QED) is 0.451. The van der Waals surface area contributed by atoms with Crippen molar-refractivity contribution in [3.63, 3.8) is 0 Å². The van der Waals surface area contributed by atoms with Crippen LogP contribution in [0.15, 0.2) is 40.9 Å². The Kier molecular flexibility index (Phi) is 6.29. The van der Waals surface area contributed by atoms with Gasteiger partial charge in [-0.3, -0.25) is 4.99 Å². The number of nitrogens with zero attached hydrogens (tertiary/aromatic N) is 3. The Bertz CT molecular complexity index is 404. The van der Waals surface area contributed by atoms with Gasteiger partial charge in [0.25, 0.3) is 0 Å². The highest BCUT2D eigenvalue weighted by atomic mass is 32.2. The van der Waals surface area contributed by atoms with Crippen LogP contribution in [0.4, 0.5) is 0 Å². The third-order valence-corrected chi connectivity index (χ3v) is 4.53. The largest absolute Gasteiger partial charge is 0.255 e. The molecule has 1 aliphatic heterocycles. The number of aromatic nitrogens is 2. The van der Waals surface area contributed by atoms with E-state index in [4.69, 9.17) is 0 Å². The van der Waals surface area contributed by atoms with E-state index in [1.807, 2.05) is 24.0 Å². The van der Waals surface area contributed by atoms with Crippen molar-refractivity contribution in [3.05, 3.63) is 30.7 Å². The van der Waals surface area contributed by atoms with Crippen LogP contribution in [0.5, 0.6) is 0 Å². The second-order valence-corrected chi connectivity index (χ2v) is 6.11. The summed E-state index contributed by atoms with van der Waals surface area (Å²) in [7, 11) is 0. The zero-order valence-electron chi connectivity index (χ0n) is 10.3. The summed E-state index contributed by atoms with van der Waals surface area (Å²) < 4.78 is 0. The highest BCUT2D eigenvalue weighted by Crippen LogP contribution is 2.18. The van der Waals surface area contributed by atoms with Gasteiger partial charge in [0.05, 0.1) is 5.04 Å². The van der Waals surface area contributed by atoms with Crippen LogP contribution < -0.4 is 0 Å². The lowest BCUT2D eigenvalue weighted by molar-refractivity contribution is 0.898. The van der Waals surface area contributed by atoms with Crippen LogP contribution in [0.25, 0.3) is 0 Å². The molecule has 3 nitrogen and oxygen atoms in total. The van der Waals surface area contributed by atoms with Gasteiger partial charge >= 0.3 is 0 Å². The molecule has 0 bridgehead atoms. The van der Waals surface area contributed by atoms with Crippen LogP contribution in [0.1, 0.15) is 25.7 Å². The molecule has 0 fully saturated rings. The molecular weight excluding hydrogens is 262 g/mol. The number of aliphatic imine (C=N–C) groups is 1. The van der Waals surface area contributed by atoms with Crippen LogP contribution in [0.2, 0.25) is 0 Å². The first-order chi connectivity index (χ1) is 8.95. The predicted molar refractivity (Wildman–Crippen MR) is 80.3 cm³/mol. The molecule has 96 valence electrons. The number of allylic oxidation sites excluding steroid dienone is 1. The van der Waals surface area contributed by atoms with Gasteiger partial charge < -0.3 is 0 Å². The van der Waals surface area contributed by atoms with E-state index >= 15 is 0 Å². The van der Waals surface area contributed by atoms with E-state index in [2.05, 4.69) is 21.0 Å². The number of thioether (sulfide) groups is 2. The van der Waals surface area contributed by atoms with Gasteiger partial charge in [-0.15, -0.1) is 11.8 Å². The van der Waals surface area contributed by atoms with Crippen LogP contribution in [0, 0.1) is 0 Å². The number of hydrogen-bond acceptors (Lipinski definition) is 5. The molecule has 0 aromatic carbocycles. The maximum absolute atomic E-state index is 4.37. The molecule has 0 atom stereocenters. The summed E-state index contributed by atoms with van der Waals surface area (Å²) in [5.74, 6) is 2.26. The minimum absolute atomic E-state index is 0.881. The fourth-order valence-corrected chi connectivity index (χ4v) is 3.29. The van der Waals surface area contributed by atoms with Gasteiger partial charge in [-0.2, -0.15) is 0 Å². The second kappa shape index (κ2) is 8.32. The molecule has 18 heavy (non-hydrogen) atoms. The van der Waals surface area contributed by atoms with Gasteiger partial charge in [-0.1, -0.05) is 17.8 Å². The van der Waals surface area contributed by atoms with Crippen molar-refractivity contribution < 1.29 is 0 Å². The average molecular weight is 279 g/mol. The number of rotatable bonds is 6. The van der Waals surface area contributed by atoms with E-state index in [1.54, 1.807) is 24.2 Å². The van der Waals surface area contributed by atoms with Gasteiger partial charge in [0.2, 0.25) is 0 Å². The molecule has 0 saturated heterocycles. The molecule has 2 rings (SSSR count). The maximum atomic E-state index is 4.37. The van der Waals surface area contributed by atoms with E-state index in [0.29, 0.717) is 0 Å². The van der Waals surface area contributed by atoms with Crippen molar-refractivity contribution in [1.29, 1.82) is 0 Å². The average Bonchev–Trinajstić information content (AvgIpc) is 2.45. The molecule has 1 aromatic heterocycles. The smallest absolute Gasteiger partial charge is 0.187 e. The van der Waals surface area contributed by atoms with E-state index in [1.165, 1.54) is 23.6 Å². The van der Waals surface area contributed by atoms with Gasteiger partial charge in [0.1, 0.15) is 0 Å². The molecule has 0 amide bonds. The molecule has 0 N–H and O–H groups in total. The molecule has 2 heterocycles. The first-order valence-corrected chi connectivity index (χ1v) is 8.16. The standard InChI is InChI=1S/C13H17N3S2/c1-2-7-14-12(6-1)17-10-3-4-11-18-13-15-8-5-9-16-13/h2,5,7-9H,1,3-4,6,10-11H2. The van der Waals surface area contributed by atoms with E-state index in [-0.39, 0.29) is 0 Å². The summed E-state index contributed by atoms with van der Waals surface area (Å²) in [6, 6.07) is 1.85. The van der Waals surface area contributed by atoms with Crippen LogP contribution >= 0.6 is 23.5 Å². The number of hydrogen-bond donors (Lipinski definition) is 0. The molecule has 1 aromatic rings. The molecule has 5 heteroatoms. The van der Waals surface area contributed by atoms with Crippen molar-refractivity contribution in [2.45, 2.75) is 30.8 Å². The maximum Gasteiger partial charge on any atom is 0.187 e. The summed E-state index contributed by atoms with van der Waals surface area (Å²) in [5, 5.41) is 2.17. The first-order valence-electron chi connectivity index (χ1n) is 6.19. The Hall–Kier alpha value is -0.810. The Balaban J connectivity index is 1.51.